The third-order valence-electron chi connectivity index (χ3n) is 3.60. The maximum atomic E-state index is 13.1. The zero-order valence-corrected chi connectivity index (χ0v) is 13.7. The SMILES string of the molecule is O=S(=O)(c1ccc(NCCc2nc3ccc(F)cc3[nH]2)cc1)C(F)F. The Morgan fingerprint density at radius 2 is 1.84 bits per heavy atom. The van der Waals surface area contributed by atoms with Crippen LogP contribution >= 0.6 is 0 Å². The number of hydrogen-bond acceptors (Lipinski definition) is 4. The summed E-state index contributed by atoms with van der Waals surface area (Å²) in [5.41, 5.74) is 1.87. The molecule has 25 heavy (non-hydrogen) atoms. The first kappa shape index (κ1) is 17.3. The van der Waals surface area contributed by atoms with Gasteiger partial charge in [-0.2, -0.15) is 8.78 Å². The molecule has 0 saturated heterocycles. The second-order valence-corrected chi connectivity index (χ2v) is 7.27. The van der Waals surface area contributed by atoms with Gasteiger partial charge < -0.3 is 10.3 Å². The minimum Gasteiger partial charge on any atom is -0.385 e. The molecule has 0 fully saturated rings. The number of nitrogens with one attached hydrogen (secondary N) is 2. The number of rotatable bonds is 6. The van der Waals surface area contributed by atoms with Crippen molar-refractivity contribution in [2.24, 2.45) is 0 Å². The van der Waals surface area contributed by atoms with Crippen molar-refractivity contribution in [3.63, 3.8) is 0 Å². The van der Waals surface area contributed by atoms with Crippen molar-refractivity contribution < 1.29 is 21.6 Å². The van der Waals surface area contributed by atoms with Gasteiger partial charge in [0.1, 0.15) is 11.6 Å². The van der Waals surface area contributed by atoms with Crippen LogP contribution in [-0.4, -0.2) is 30.7 Å². The number of fused-ring (bicyclic) bond motifs is 1. The first-order chi connectivity index (χ1) is 11.9. The highest BCUT2D eigenvalue weighted by Crippen LogP contribution is 2.20. The average molecular weight is 369 g/mol. The first-order valence-corrected chi connectivity index (χ1v) is 8.91. The summed E-state index contributed by atoms with van der Waals surface area (Å²) in [5.74, 6) is -3.12. The van der Waals surface area contributed by atoms with E-state index in [0.717, 1.165) is 12.1 Å². The van der Waals surface area contributed by atoms with Crippen LogP contribution in [0, 0.1) is 5.82 Å². The molecule has 5 nitrogen and oxygen atoms in total. The van der Waals surface area contributed by atoms with Crippen LogP contribution in [0.2, 0.25) is 0 Å². The Morgan fingerprint density at radius 3 is 2.52 bits per heavy atom. The minimum atomic E-state index is -4.58. The summed E-state index contributed by atoms with van der Waals surface area (Å²) in [4.78, 5) is 6.91. The van der Waals surface area contributed by atoms with Gasteiger partial charge in [0.05, 0.1) is 15.9 Å². The Labute approximate surface area is 141 Å². The van der Waals surface area contributed by atoms with E-state index in [2.05, 4.69) is 15.3 Å². The van der Waals surface area contributed by atoms with Crippen molar-refractivity contribution in [2.45, 2.75) is 17.1 Å². The third-order valence-corrected chi connectivity index (χ3v) is 5.00. The van der Waals surface area contributed by atoms with Crippen molar-refractivity contribution in [2.75, 3.05) is 11.9 Å². The summed E-state index contributed by atoms with van der Waals surface area (Å²) in [5, 5.41) is 3.04. The fraction of sp³-hybridized carbons (Fsp3) is 0.188. The number of sulfone groups is 1. The number of nitrogens with zero attached hydrogens (tertiary/aromatic N) is 1. The Morgan fingerprint density at radius 1 is 1.12 bits per heavy atom. The zero-order chi connectivity index (χ0) is 18.0. The monoisotopic (exact) mass is 369 g/mol. The van der Waals surface area contributed by atoms with E-state index in [0.29, 0.717) is 35.5 Å². The molecule has 0 unspecified atom stereocenters. The number of halogens is 3. The predicted octanol–water partition coefficient (Wildman–Crippen LogP) is 3.35. The number of aromatic nitrogens is 2. The summed E-state index contributed by atoms with van der Waals surface area (Å²) in [6.45, 7) is 0.475. The number of anilines is 1. The molecular weight excluding hydrogens is 355 g/mol. The molecule has 0 amide bonds. The number of hydrogen-bond donors (Lipinski definition) is 2. The van der Waals surface area contributed by atoms with Crippen molar-refractivity contribution in [3.8, 4) is 0 Å². The van der Waals surface area contributed by atoms with Crippen LogP contribution in [0.5, 0.6) is 0 Å². The van der Waals surface area contributed by atoms with Crippen LogP contribution in [0.25, 0.3) is 11.0 Å². The van der Waals surface area contributed by atoms with Gasteiger partial charge in [-0.15, -0.1) is 0 Å². The molecule has 2 aromatic carbocycles. The van der Waals surface area contributed by atoms with Gasteiger partial charge in [0.25, 0.3) is 0 Å². The minimum absolute atomic E-state index is 0.348. The number of aromatic amines is 1. The lowest BCUT2D eigenvalue weighted by Crippen LogP contribution is -2.11. The van der Waals surface area contributed by atoms with Gasteiger partial charge in [-0.05, 0) is 42.5 Å². The normalized spacial score (nSPS) is 12.0. The van der Waals surface area contributed by atoms with Crippen LogP contribution in [0.1, 0.15) is 5.82 Å². The van der Waals surface area contributed by atoms with E-state index >= 15 is 0 Å². The number of imidazole rings is 1. The molecule has 0 saturated carbocycles. The highest BCUT2D eigenvalue weighted by molar-refractivity contribution is 7.91. The molecule has 0 bridgehead atoms. The van der Waals surface area contributed by atoms with Crippen LogP contribution in [0.4, 0.5) is 18.9 Å². The largest absolute Gasteiger partial charge is 0.385 e. The van der Waals surface area contributed by atoms with Crippen LogP contribution in [0.3, 0.4) is 0 Å². The van der Waals surface area contributed by atoms with E-state index in [-0.39, 0.29) is 5.82 Å². The van der Waals surface area contributed by atoms with E-state index in [4.69, 9.17) is 0 Å². The molecule has 0 atom stereocenters. The van der Waals surface area contributed by atoms with Gasteiger partial charge in [-0.3, -0.25) is 0 Å². The number of benzene rings is 2. The van der Waals surface area contributed by atoms with Gasteiger partial charge in [0.15, 0.2) is 0 Å². The highest BCUT2D eigenvalue weighted by Gasteiger charge is 2.26. The van der Waals surface area contributed by atoms with Crippen molar-refractivity contribution in [1.82, 2.24) is 9.97 Å². The predicted molar refractivity (Wildman–Crippen MR) is 87.9 cm³/mol. The smallest absolute Gasteiger partial charge is 0.341 e. The topological polar surface area (TPSA) is 74.8 Å². The molecule has 1 aromatic heterocycles. The molecule has 0 aliphatic heterocycles. The van der Waals surface area contributed by atoms with Gasteiger partial charge in [-0.1, -0.05) is 0 Å². The molecule has 3 aromatic rings. The molecule has 3 rings (SSSR count). The summed E-state index contributed by atoms with van der Waals surface area (Å²) in [6, 6.07) is 9.38. The fourth-order valence-corrected chi connectivity index (χ4v) is 3.06. The molecule has 0 spiro atoms. The number of alkyl halides is 2. The molecule has 0 aliphatic carbocycles. The first-order valence-electron chi connectivity index (χ1n) is 7.36. The lowest BCUT2D eigenvalue weighted by molar-refractivity contribution is 0.234. The highest BCUT2D eigenvalue weighted by atomic mass is 32.2. The quantitative estimate of drug-likeness (QED) is 0.699. The van der Waals surface area contributed by atoms with Crippen LogP contribution in [0.15, 0.2) is 47.4 Å². The maximum Gasteiger partial charge on any atom is 0.341 e. The summed E-state index contributed by atoms with van der Waals surface area (Å²) < 4.78 is 60.7. The summed E-state index contributed by atoms with van der Waals surface area (Å²) in [6.07, 6.45) is 0.521. The summed E-state index contributed by atoms with van der Waals surface area (Å²) >= 11 is 0. The second kappa shape index (κ2) is 6.75. The van der Waals surface area contributed by atoms with Crippen molar-refractivity contribution in [3.05, 3.63) is 54.1 Å². The van der Waals surface area contributed by atoms with E-state index in [9.17, 15) is 21.6 Å². The Kier molecular flexibility index (Phi) is 4.67. The Bertz CT molecular complexity index is 986. The van der Waals surface area contributed by atoms with Gasteiger partial charge >= 0.3 is 5.76 Å². The van der Waals surface area contributed by atoms with Gasteiger partial charge in [0.2, 0.25) is 9.84 Å². The third kappa shape index (κ3) is 3.76. The Balaban J connectivity index is 1.61. The van der Waals surface area contributed by atoms with Crippen molar-refractivity contribution >= 4 is 26.6 Å². The van der Waals surface area contributed by atoms with Crippen molar-refractivity contribution in [1.29, 1.82) is 0 Å². The van der Waals surface area contributed by atoms with Crippen LogP contribution in [-0.2, 0) is 16.3 Å². The van der Waals surface area contributed by atoms with E-state index in [1.807, 2.05) is 0 Å². The molecule has 9 heteroatoms. The molecule has 2 N–H and O–H groups in total. The molecule has 0 radical (unpaired) electrons. The second-order valence-electron chi connectivity index (χ2n) is 5.35. The van der Waals surface area contributed by atoms with E-state index in [1.54, 1.807) is 6.07 Å². The lowest BCUT2D eigenvalue weighted by Gasteiger charge is -2.07. The Hall–Kier alpha value is -2.55. The standard InChI is InChI=1S/C16H14F3N3O2S/c17-10-1-6-13-14(9-10)22-15(21-13)7-8-20-11-2-4-12(5-3-11)25(23,24)16(18)19/h1-6,9,16,20H,7-8H2,(H,21,22). The zero-order valence-electron chi connectivity index (χ0n) is 12.8. The van der Waals surface area contributed by atoms with E-state index < -0.39 is 20.5 Å². The maximum absolute atomic E-state index is 13.1. The molecular formula is C16H14F3N3O2S. The van der Waals surface area contributed by atoms with Gasteiger partial charge in [0, 0.05) is 18.7 Å². The average Bonchev–Trinajstić information content (AvgIpc) is 2.97. The lowest BCUT2D eigenvalue weighted by atomic mass is 10.3. The fourth-order valence-electron chi connectivity index (χ4n) is 2.34. The van der Waals surface area contributed by atoms with Crippen LogP contribution < -0.4 is 5.32 Å². The number of H-pyrrole nitrogens is 1. The summed E-state index contributed by atoms with van der Waals surface area (Å²) in [7, 11) is -4.58. The molecule has 0 aliphatic rings. The molecule has 132 valence electrons. The van der Waals surface area contributed by atoms with E-state index in [1.165, 1.54) is 24.3 Å². The van der Waals surface area contributed by atoms with Gasteiger partial charge in [-0.25, -0.2) is 17.8 Å². The molecule has 1 heterocycles.